The van der Waals surface area contributed by atoms with Gasteiger partial charge in [0.05, 0.1) is 46.4 Å². The third-order valence-corrected chi connectivity index (χ3v) is 7.57. The molecule has 1 heterocycles. The topological polar surface area (TPSA) is 76.9 Å². The van der Waals surface area contributed by atoms with Crippen LogP contribution in [0.4, 0.5) is 11.4 Å². The van der Waals surface area contributed by atoms with Crippen LogP contribution in [0.1, 0.15) is 11.1 Å². The van der Waals surface area contributed by atoms with Gasteiger partial charge in [0.25, 0.3) is 0 Å². The number of ether oxygens (including phenoxy) is 2. The fourth-order valence-corrected chi connectivity index (χ4v) is 5.17. The van der Waals surface area contributed by atoms with Crippen molar-refractivity contribution in [2.24, 2.45) is 0 Å². The fourth-order valence-electron chi connectivity index (χ4n) is 3.69. The number of hydrogen-bond acceptors (Lipinski definition) is 5. The Bertz CT molecular complexity index is 1700. The summed E-state index contributed by atoms with van der Waals surface area (Å²) in [5, 5.41) is 19.7. The molecule has 4 aromatic rings. The van der Waals surface area contributed by atoms with Crippen LogP contribution in [0.5, 0.6) is 23.0 Å². The number of hydrogen-bond donors (Lipinski definition) is 2. The number of rotatable bonds is 5. The molecule has 0 bridgehead atoms. The average molecular weight is 1330 g/mol. The van der Waals surface area contributed by atoms with Crippen LogP contribution in [0, 0.1) is 13.1 Å². The van der Waals surface area contributed by atoms with E-state index in [2.05, 4.69) is 100 Å². The first-order valence-corrected chi connectivity index (χ1v) is 33.1. The summed E-state index contributed by atoms with van der Waals surface area (Å²) in [6.07, 6.45) is 0. The molecule has 4 aromatic carbocycles. The molecule has 7 nitrogen and oxygen atoms in total. The van der Waals surface area contributed by atoms with Crippen molar-refractivity contribution >= 4 is 161 Å². The first-order valence-electron chi connectivity index (χ1n) is 12.0. The summed E-state index contributed by atoms with van der Waals surface area (Å²) in [4.78, 5) is 6.51. The molecule has 1 aliphatic rings. The van der Waals surface area contributed by atoms with Crippen molar-refractivity contribution in [1.82, 2.24) is 0 Å². The Hall–Kier alpha value is 0.695. The molecule has 0 saturated heterocycles. The van der Waals surface area contributed by atoms with E-state index in [0.717, 1.165) is 15.5 Å². The Morgan fingerprint density at radius 3 is 1.67 bits per heavy atom. The van der Waals surface area contributed by atoms with E-state index in [0.29, 0.717) is 48.4 Å². The third-order valence-electron chi connectivity index (χ3n) is 5.64. The fraction of sp³-hybridized carbons (Fsp3) is 0.0714. The van der Waals surface area contributed by atoms with Crippen LogP contribution in [-0.2, 0) is 17.9 Å². The van der Waals surface area contributed by atoms with Gasteiger partial charge in [-0.3, -0.25) is 0 Å². The Morgan fingerprint density at radius 1 is 0.804 bits per heavy atom. The molecular formula is C28H16BBrCl4I5N2O5-. The largest absolute Gasteiger partial charge is 0.491 e. The number of fused-ring (bicyclic) bond motifs is 1. The van der Waals surface area contributed by atoms with Crippen molar-refractivity contribution < 1.29 is 37.5 Å². The minimum Gasteiger partial charge on any atom is -0.457 e. The molecule has 0 aromatic heterocycles. The summed E-state index contributed by atoms with van der Waals surface area (Å²) in [6.45, 7) is 14.2. The molecule has 46 heavy (non-hydrogen) atoms. The van der Waals surface area contributed by atoms with E-state index in [1.807, 2.05) is 0 Å². The van der Waals surface area contributed by atoms with Crippen LogP contribution in [0.3, 0.4) is 0 Å². The first-order chi connectivity index (χ1) is 22.0. The zero-order valence-electron chi connectivity index (χ0n) is 22.6. The van der Waals surface area contributed by atoms with Gasteiger partial charge in [-0.1, -0.05) is 68.4 Å². The Labute approximate surface area is 348 Å². The van der Waals surface area contributed by atoms with E-state index in [1.54, 1.807) is 48.5 Å². The molecule has 2 N–H and O–H groups in total. The Balaban J connectivity index is 0.000000282. The maximum Gasteiger partial charge on any atom is 0.491 e. The maximum atomic E-state index is 9.57. The van der Waals surface area contributed by atoms with E-state index in [9.17, 15) is 10.1 Å². The first kappa shape index (κ1) is 42.9. The molecule has 5 rings (SSSR count). The van der Waals surface area contributed by atoms with Gasteiger partial charge in [-0.25, -0.2) is 9.69 Å². The zero-order chi connectivity index (χ0) is 34.4. The van der Waals surface area contributed by atoms with Crippen LogP contribution in [0.25, 0.3) is 9.69 Å². The van der Waals surface area contributed by atoms with E-state index < -0.39 is 7.12 Å². The summed E-state index contributed by atoms with van der Waals surface area (Å²) in [5.41, 5.74) is 2.72. The molecule has 242 valence electrons. The van der Waals surface area contributed by atoms with Gasteiger partial charge in [-0.15, -0.1) is 0 Å². The van der Waals surface area contributed by atoms with Crippen LogP contribution in [0.2, 0.25) is 20.1 Å². The minimum atomic E-state index is -0.879. The molecule has 0 amide bonds. The smallest absolute Gasteiger partial charge is 0.457 e. The Kier molecular flexibility index (Phi) is 21.0. The molecule has 0 saturated carbocycles. The van der Waals surface area contributed by atoms with E-state index in [-0.39, 0.29) is 38.1 Å². The van der Waals surface area contributed by atoms with Gasteiger partial charge in [-0.2, -0.15) is 0 Å². The summed E-state index contributed by atoms with van der Waals surface area (Å²) in [6, 6.07) is 16.6. The summed E-state index contributed by atoms with van der Waals surface area (Å²) >= 11 is 36.8. The van der Waals surface area contributed by atoms with E-state index >= 15 is 0 Å². The second-order valence-corrected chi connectivity index (χ2v) is 27.1. The van der Waals surface area contributed by atoms with Gasteiger partial charge in [0, 0.05) is 41.7 Å². The van der Waals surface area contributed by atoms with E-state index in [1.165, 1.54) is 12.1 Å². The monoisotopic (exact) mass is 1320 g/mol. The molecule has 0 atom stereocenters. The van der Waals surface area contributed by atoms with Crippen LogP contribution in [-0.4, -0.2) is 17.2 Å². The summed E-state index contributed by atoms with van der Waals surface area (Å²) in [7, 11) is -0.879. The molecule has 0 spiro atoms. The number of halogens is 10. The van der Waals surface area contributed by atoms with Crippen molar-refractivity contribution in [3.8, 4) is 23.0 Å². The van der Waals surface area contributed by atoms with Gasteiger partial charge in [0.2, 0.25) is 11.4 Å². The van der Waals surface area contributed by atoms with E-state index in [4.69, 9.17) is 73.7 Å². The molecular weight excluding hydrogens is 1310 g/mol. The number of benzene rings is 4. The van der Waals surface area contributed by atoms with Gasteiger partial charge in [-0.05, 0) is 71.2 Å². The van der Waals surface area contributed by atoms with Crippen molar-refractivity contribution in [2.75, 3.05) is 0 Å². The third kappa shape index (κ3) is 12.8. The summed E-state index contributed by atoms with van der Waals surface area (Å²) < 4.78 is 17.2. The van der Waals surface area contributed by atoms with Crippen LogP contribution < -0.4 is 28.2 Å². The SMILES string of the molecule is II.I[I-]I.[C-]#[N+]c1c(Cl)cc(Oc2ccc(Br)c(CO)c2)cc1Cl.[C-]#[N+]c1c(Cl)cc(Oc2ccc3c(c2)COB3O)cc1Cl. The maximum absolute atomic E-state index is 9.57. The predicted molar refractivity (Wildman–Crippen MR) is 221 cm³/mol. The molecule has 1 aliphatic heterocycles. The van der Waals surface area contributed by atoms with Crippen molar-refractivity contribution in [1.29, 1.82) is 0 Å². The minimum absolute atomic E-state index is 0.101. The number of aliphatic hydroxyl groups excluding tert-OH is 1. The molecule has 0 unspecified atom stereocenters. The summed E-state index contributed by atoms with van der Waals surface area (Å²) in [5.74, 6) is 1.99. The zero-order valence-corrected chi connectivity index (χ0v) is 38.0. The van der Waals surface area contributed by atoms with Crippen LogP contribution >= 0.6 is 137 Å². The van der Waals surface area contributed by atoms with Crippen molar-refractivity contribution in [3.63, 3.8) is 0 Å². The van der Waals surface area contributed by atoms with Gasteiger partial charge >= 0.3 is 57.6 Å². The van der Waals surface area contributed by atoms with Gasteiger partial charge in [0.1, 0.15) is 23.0 Å². The quantitative estimate of drug-likeness (QED) is 0.118. The molecule has 0 fully saturated rings. The second kappa shape index (κ2) is 22.5. The number of aliphatic hydroxyl groups is 1. The van der Waals surface area contributed by atoms with Gasteiger partial charge in [0.15, 0.2) is 0 Å². The second-order valence-electron chi connectivity index (χ2n) is 8.39. The molecule has 0 radical (unpaired) electrons. The van der Waals surface area contributed by atoms with Crippen LogP contribution in [0.15, 0.2) is 65.1 Å². The normalized spacial score (nSPS) is 10.9. The van der Waals surface area contributed by atoms with Crippen molar-refractivity contribution in [3.05, 3.63) is 119 Å². The van der Waals surface area contributed by atoms with Gasteiger partial charge < -0.3 is 24.3 Å². The van der Waals surface area contributed by atoms with Crippen molar-refractivity contribution in [2.45, 2.75) is 13.2 Å². The predicted octanol–water partition coefficient (Wildman–Crippen LogP) is 9.69. The molecule has 18 heteroatoms. The number of nitrogens with zero attached hydrogens (tertiary/aromatic N) is 2. The average Bonchev–Trinajstić information content (AvgIpc) is 3.39. The Morgan fingerprint density at radius 2 is 1.24 bits per heavy atom. The standard InChI is InChI=1S/C14H8BCl2NO3.C14H8BrCl2NO2.I3.I2/c1-18-14-12(16)5-10(6-13(14)17)21-9-2-3-11-8(4-9)7-20-15(11)19;1-18-14-12(16)5-10(6-13(14)17)20-9-2-3-11(15)8(4-9)7-19;1-3-2;1-2/h2-6,19H,7H2;2-6,19H,7H2;;/q;;-1;. The molecule has 0 aliphatic carbocycles.